The largest absolute Gasteiger partial charge is 0.381 e. The summed E-state index contributed by atoms with van der Waals surface area (Å²) in [5, 5.41) is 8.39. The first-order chi connectivity index (χ1) is 18.7. The van der Waals surface area contributed by atoms with Crippen molar-refractivity contribution in [3.8, 4) is 11.1 Å². The number of fused-ring (bicyclic) bond motifs is 2. The topological polar surface area (TPSA) is 94.6 Å². The molecule has 2 saturated heterocycles. The van der Waals surface area contributed by atoms with Crippen molar-refractivity contribution in [1.29, 1.82) is 0 Å². The smallest absolute Gasteiger partial charge is 0.241 e. The predicted octanol–water partition coefficient (Wildman–Crippen LogP) is 3.86. The lowest BCUT2D eigenvalue weighted by molar-refractivity contribution is 0.00790. The van der Waals surface area contributed by atoms with Crippen LogP contribution in [-0.2, 0) is 9.47 Å². The molecule has 4 aromatic heterocycles. The Morgan fingerprint density at radius 3 is 2.47 bits per heavy atom. The third-order valence-electron chi connectivity index (χ3n) is 8.60. The second-order valence-electron chi connectivity index (χ2n) is 10.9. The van der Waals surface area contributed by atoms with Gasteiger partial charge in [0, 0.05) is 67.9 Å². The van der Waals surface area contributed by atoms with Gasteiger partial charge >= 0.3 is 0 Å². The molecule has 0 amide bonds. The molecule has 10 nitrogen and oxygen atoms in total. The number of nitrogens with one attached hydrogen (secondary N) is 1. The minimum atomic E-state index is 0.400. The van der Waals surface area contributed by atoms with Crippen LogP contribution in [0.4, 0.5) is 5.95 Å². The number of ether oxygens (including phenoxy) is 2. The summed E-state index contributed by atoms with van der Waals surface area (Å²) in [6, 6.07) is 5.82. The molecule has 3 aliphatic rings. The van der Waals surface area contributed by atoms with Crippen molar-refractivity contribution in [2.45, 2.75) is 63.6 Å². The van der Waals surface area contributed by atoms with Gasteiger partial charge in [-0.05, 0) is 57.6 Å². The lowest BCUT2D eigenvalue weighted by Crippen LogP contribution is -2.46. The van der Waals surface area contributed by atoms with Gasteiger partial charge in [0.15, 0.2) is 5.65 Å². The minimum absolute atomic E-state index is 0.400. The normalized spacial score (nSPS) is 23.8. The summed E-state index contributed by atoms with van der Waals surface area (Å²) >= 11 is 0. The fourth-order valence-corrected chi connectivity index (χ4v) is 6.56. The second-order valence-corrected chi connectivity index (χ2v) is 10.9. The zero-order valence-electron chi connectivity index (χ0n) is 22.1. The van der Waals surface area contributed by atoms with Crippen molar-refractivity contribution in [3.05, 3.63) is 36.5 Å². The summed E-state index contributed by atoms with van der Waals surface area (Å²) in [5.41, 5.74) is 4.99. The van der Waals surface area contributed by atoms with Crippen LogP contribution in [0.25, 0.3) is 27.8 Å². The van der Waals surface area contributed by atoms with E-state index in [0.717, 1.165) is 98.8 Å². The summed E-state index contributed by atoms with van der Waals surface area (Å²) in [4.78, 5) is 16.8. The number of imidazole rings is 1. The van der Waals surface area contributed by atoms with Gasteiger partial charge in [0.25, 0.3) is 0 Å². The molecule has 200 valence electrons. The zero-order valence-corrected chi connectivity index (χ0v) is 22.1. The van der Waals surface area contributed by atoms with Gasteiger partial charge in [-0.1, -0.05) is 0 Å². The van der Waals surface area contributed by atoms with Gasteiger partial charge < -0.3 is 19.4 Å². The number of hydrogen-bond donors (Lipinski definition) is 1. The van der Waals surface area contributed by atoms with Gasteiger partial charge in [0.2, 0.25) is 5.95 Å². The Bertz CT molecular complexity index is 1410. The SMILES string of the molecule is Cc1nc2ncc(-c3ccn4nc(NC5CCC(N6CCOCC6)CC5)ncc34)cc2n1C1CCOCC1. The van der Waals surface area contributed by atoms with Crippen molar-refractivity contribution in [3.63, 3.8) is 0 Å². The van der Waals surface area contributed by atoms with Crippen LogP contribution >= 0.6 is 0 Å². The lowest BCUT2D eigenvalue weighted by atomic mass is 9.90. The van der Waals surface area contributed by atoms with Crippen molar-refractivity contribution in [2.24, 2.45) is 0 Å². The highest BCUT2D eigenvalue weighted by Crippen LogP contribution is 2.32. The Kier molecular flexibility index (Phi) is 6.46. The molecule has 0 bridgehead atoms. The molecule has 0 spiro atoms. The third kappa shape index (κ3) is 4.54. The van der Waals surface area contributed by atoms with E-state index in [1.165, 1.54) is 12.8 Å². The van der Waals surface area contributed by atoms with E-state index in [0.29, 0.717) is 24.1 Å². The number of nitrogens with zero attached hydrogens (tertiary/aromatic N) is 7. The Morgan fingerprint density at radius 1 is 0.868 bits per heavy atom. The summed E-state index contributed by atoms with van der Waals surface area (Å²) in [7, 11) is 0. The van der Waals surface area contributed by atoms with Crippen LogP contribution < -0.4 is 5.32 Å². The average molecular weight is 517 g/mol. The van der Waals surface area contributed by atoms with Crippen LogP contribution in [0.15, 0.2) is 30.7 Å². The Morgan fingerprint density at radius 2 is 1.66 bits per heavy atom. The van der Waals surface area contributed by atoms with Gasteiger partial charge in [0.1, 0.15) is 5.82 Å². The first kappa shape index (κ1) is 24.0. The maximum absolute atomic E-state index is 5.59. The molecule has 1 aliphatic carbocycles. The van der Waals surface area contributed by atoms with E-state index in [-0.39, 0.29) is 0 Å². The van der Waals surface area contributed by atoms with E-state index < -0.39 is 0 Å². The molecule has 0 aromatic carbocycles. The monoisotopic (exact) mass is 516 g/mol. The van der Waals surface area contributed by atoms with Crippen LogP contribution in [0, 0.1) is 6.92 Å². The van der Waals surface area contributed by atoms with Gasteiger partial charge in [0.05, 0.1) is 30.4 Å². The molecule has 2 aliphatic heterocycles. The number of anilines is 1. The highest BCUT2D eigenvalue weighted by Gasteiger charge is 2.27. The molecule has 38 heavy (non-hydrogen) atoms. The van der Waals surface area contributed by atoms with Crippen LogP contribution in [0.2, 0.25) is 0 Å². The molecule has 6 heterocycles. The van der Waals surface area contributed by atoms with E-state index in [1.807, 2.05) is 23.1 Å². The number of aryl methyl sites for hydroxylation is 1. The van der Waals surface area contributed by atoms with Gasteiger partial charge in [-0.3, -0.25) is 4.90 Å². The minimum Gasteiger partial charge on any atom is -0.381 e. The molecule has 10 heteroatoms. The molecule has 3 fully saturated rings. The summed E-state index contributed by atoms with van der Waals surface area (Å²) in [6.07, 6.45) is 12.6. The Labute approximate surface area is 222 Å². The lowest BCUT2D eigenvalue weighted by Gasteiger charge is -2.38. The van der Waals surface area contributed by atoms with Crippen molar-refractivity contribution < 1.29 is 9.47 Å². The maximum atomic E-state index is 5.59. The molecule has 0 atom stereocenters. The van der Waals surface area contributed by atoms with Gasteiger partial charge in [-0.2, -0.15) is 0 Å². The highest BCUT2D eigenvalue weighted by atomic mass is 16.5. The maximum Gasteiger partial charge on any atom is 0.241 e. The average Bonchev–Trinajstić information content (AvgIpc) is 3.53. The van der Waals surface area contributed by atoms with Crippen molar-refractivity contribution >= 4 is 22.6 Å². The first-order valence-electron chi connectivity index (χ1n) is 14.1. The van der Waals surface area contributed by atoms with Crippen LogP contribution in [0.3, 0.4) is 0 Å². The number of pyridine rings is 1. The second kappa shape index (κ2) is 10.2. The van der Waals surface area contributed by atoms with E-state index in [9.17, 15) is 0 Å². The quantitative estimate of drug-likeness (QED) is 0.427. The Hall–Kier alpha value is -3.08. The van der Waals surface area contributed by atoms with E-state index in [4.69, 9.17) is 29.5 Å². The van der Waals surface area contributed by atoms with Crippen LogP contribution in [0.5, 0.6) is 0 Å². The van der Waals surface area contributed by atoms with E-state index >= 15 is 0 Å². The van der Waals surface area contributed by atoms with Gasteiger partial charge in [-0.15, -0.1) is 5.10 Å². The number of aromatic nitrogens is 6. The molecule has 4 aromatic rings. The number of morpholine rings is 1. The van der Waals surface area contributed by atoms with E-state index in [1.54, 1.807) is 0 Å². The van der Waals surface area contributed by atoms with Gasteiger partial charge in [-0.25, -0.2) is 19.5 Å². The predicted molar refractivity (Wildman–Crippen MR) is 145 cm³/mol. The molecule has 0 unspecified atom stereocenters. The fraction of sp³-hybridized carbons (Fsp3) is 0.571. The fourth-order valence-electron chi connectivity index (χ4n) is 6.56. The standard InChI is InChI=1S/C28H36N8O2/c1-19-31-27-25(36(19)23-7-12-37-13-8-23)16-20(17-29-27)24-6-9-35-26(24)18-30-28(33-35)32-21-2-4-22(5-3-21)34-10-14-38-15-11-34/h6,9,16-18,21-23H,2-5,7-8,10-15H2,1H3,(H,32,33). The molecule has 0 radical (unpaired) electrons. The van der Waals surface area contributed by atoms with Crippen LogP contribution in [0.1, 0.15) is 50.4 Å². The number of rotatable bonds is 5. The van der Waals surface area contributed by atoms with E-state index in [2.05, 4.69) is 33.8 Å². The molecule has 1 N–H and O–H groups in total. The number of hydrogen-bond acceptors (Lipinski definition) is 8. The molecular weight excluding hydrogens is 480 g/mol. The van der Waals surface area contributed by atoms with Crippen molar-refractivity contribution in [1.82, 2.24) is 34.0 Å². The molecule has 7 rings (SSSR count). The zero-order chi connectivity index (χ0) is 25.5. The Balaban J connectivity index is 1.09. The summed E-state index contributed by atoms with van der Waals surface area (Å²) < 4.78 is 15.4. The third-order valence-corrected chi connectivity index (χ3v) is 8.60. The first-order valence-corrected chi connectivity index (χ1v) is 14.1. The molecule has 1 saturated carbocycles. The summed E-state index contributed by atoms with van der Waals surface area (Å²) in [5.74, 6) is 1.70. The summed E-state index contributed by atoms with van der Waals surface area (Å²) in [6.45, 7) is 7.54. The van der Waals surface area contributed by atoms with Crippen LogP contribution in [-0.4, -0.2) is 85.6 Å². The van der Waals surface area contributed by atoms with Crippen molar-refractivity contribution in [2.75, 3.05) is 44.8 Å². The highest BCUT2D eigenvalue weighted by molar-refractivity contribution is 5.85. The molecular formula is C28H36N8O2.